The van der Waals surface area contributed by atoms with Crippen molar-refractivity contribution < 1.29 is 18.3 Å². The lowest BCUT2D eigenvalue weighted by molar-refractivity contribution is -0.138. The Morgan fingerprint density at radius 2 is 2.10 bits per heavy atom. The number of likely N-dealkylation sites (tertiary alicyclic amines) is 1. The lowest BCUT2D eigenvalue weighted by Gasteiger charge is -2.21. The van der Waals surface area contributed by atoms with Crippen molar-refractivity contribution in [3.63, 3.8) is 0 Å². The van der Waals surface area contributed by atoms with Crippen molar-refractivity contribution in [3.05, 3.63) is 29.3 Å². The van der Waals surface area contributed by atoms with E-state index in [0.717, 1.165) is 38.2 Å². The molecule has 0 amide bonds. The number of phenols is 1. The highest BCUT2D eigenvalue weighted by Crippen LogP contribution is 2.36. The van der Waals surface area contributed by atoms with E-state index in [1.807, 2.05) is 11.9 Å². The molecule has 1 fully saturated rings. The topological polar surface area (TPSA) is 26.7 Å². The summed E-state index contributed by atoms with van der Waals surface area (Å²) in [7, 11) is 3.99. The van der Waals surface area contributed by atoms with E-state index < -0.39 is 17.5 Å². The molecule has 0 aromatic heterocycles. The Bertz CT molecular complexity index is 490. The number of benzene rings is 1. The van der Waals surface area contributed by atoms with Crippen LogP contribution in [0.4, 0.5) is 13.2 Å². The Hall–Kier alpha value is -1.27. The first-order valence-corrected chi connectivity index (χ1v) is 7.02. The van der Waals surface area contributed by atoms with Crippen molar-refractivity contribution in [1.82, 2.24) is 9.80 Å². The van der Waals surface area contributed by atoms with Gasteiger partial charge >= 0.3 is 6.18 Å². The highest BCUT2D eigenvalue weighted by Gasteiger charge is 2.34. The molecule has 1 N–H and O–H groups in total. The van der Waals surface area contributed by atoms with Gasteiger partial charge in [0.25, 0.3) is 0 Å². The molecule has 6 heteroatoms. The molecule has 0 spiro atoms. The lowest BCUT2D eigenvalue weighted by atomic mass is 10.1. The van der Waals surface area contributed by atoms with Crippen molar-refractivity contribution in [3.8, 4) is 5.75 Å². The Morgan fingerprint density at radius 3 is 2.67 bits per heavy atom. The second kappa shape index (κ2) is 6.23. The van der Waals surface area contributed by atoms with Gasteiger partial charge in [-0.25, -0.2) is 0 Å². The van der Waals surface area contributed by atoms with Crippen LogP contribution in [0.25, 0.3) is 0 Å². The summed E-state index contributed by atoms with van der Waals surface area (Å²) in [6.07, 6.45) is -3.39. The summed E-state index contributed by atoms with van der Waals surface area (Å²) in [5.41, 5.74) is -0.400. The fraction of sp³-hybridized carbons (Fsp3) is 0.600. The SMILES string of the molecule is CN1CCC(CN(C)Cc2ccc(O)c(C(F)(F)F)c2)C1. The average Bonchev–Trinajstić information content (AvgIpc) is 2.75. The zero-order chi connectivity index (χ0) is 15.6. The number of halogens is 3. The zero-order valence-electron chi connectivity index (χ0n) is 12.3. The van der Waals surface area contributed by atoms with E-state index in [0.29, 0.717) is 18.0 Å². The summed E-state index contributed by atoms with van der Waals surface area (Å²) in [5.74, 6) is -0.148. The van der Waals surface area contributed by atoms with Crippen LogP contribution in [0.5, 0.6) is 5.75 Å². The van der Waals surface area contributed by atoms with Gasteiger partial charge in [0.1, 0.15) is 5.75 Å². The molecule has 0 radical (unpaired) electrons. The molecule has 1 saturated heterocycles. The van der Waals surface area contributed by atoms with Gasteiger partial charge in [0.05, 0.1) is 5.56 Å². The Labute approximate surface area is 123 Å². The number of hydrogen-bond donors (Lipinski definition) is 1. The van der Waals surface area contributed by atoms with Crippen LogP contribution >= 0.6 is 0 Å². The van der Waals surface area contributed by atoms with Gasteiger partial charge in [-0.3, -0.25) is 0 Å². The van der Waals surface area contributed by atoms with Crippen LogP contribution in [0.2, 0.25) is 0 Å². The first kappa shape index (κ1) is 16.1. The molecule has 1 heterocycles. The summed E-state index contributed by atoms with van der Waals surface area (Å²) in [6, 6.07) is 3.70. The standard InChI is InChI=1S/C15H21F3N2O/c1-19-6-5-12(9-19)10-20(2)8-11-3-4-14(21)13(7-11)15(16,17)18/h3-4,7,12,21H,5-6,8-10H2,1-2H3. The van der Waals surface area contributed by atoms with Crippen LogP contribution in [-0.2, 0) is 12.7 Å². The molecule has 0 aliphatic carbocycles. The van der Waals surface area contributed by atoms with Crippen molar-refractivity contribution in [2.45, 2.75) is 19.1 Å². The number of alkyl halides is 3. The average molecular weight is 302 g/mol. The Kier molecular flexibility index (Phi) is 4.78. The molecule has 118 valence electrons. The van der Waals surface area contributed by atoms with Gasteiger partial charge in [-0.15, -0.1) is 0 Å². The summed E-state index contributed by atoms with van der Waals surface area (Å²) in [5, 5.41) is 9.32. The van der Waals surface area contributed by atoms with E-state index in [4.69, 9.17) is 0 Å². The zero-order valence-corrected chi connectivity index (χ0v) is 12.3. The van der Waals surface area contributed by atoms with Crippen molar-refractivity contribution in [1.29, 1.82) is 0 Å². The molecule has 1 aliphatic rings. The van der Waals surface area contributed by atoms with Crippen LogP contribution in [0.15, 0.2) is 18.2 Å². The second-order valence-corrected chi connectivity index (χ2v) is 5.96. The normalized spacial score (nSPS) is 20.4. The van der Waals surface area contributed by atoms with Crippen molar-refractivity contribution in [2.75, 3.05) is 33.7 Å². The smallest absolute Gasteiger partial charge is 0.419 e. The van der Waals surface area contributed by atoms with Gasteiger partial charge in [-0.2, -0.15) is 13.2 Å². The second-order valence-electron chi connectivity index (χ2n) is 5.96. The molecule has 3 nitrogen and oxygen atoms in total. The maximum atomic E-state index is 12.8. The monoisotopic (exact) mass is 302 g/mol. The Balaban J connectivity index is 1.99. The maximum absolute atomic E-state index is 12.8. The minimum absolute atomic E-state index is 0.448. The van der Waals surface area contributed by atoms with Crippen LogP contribution in [0.1, 0.15) is 17.5 Å². The fourth-order valence-corrected chi connectivity index (χ4v) is 2.90. The van der Waals surface area contributed by atoms with Crippen molar-refractivity contribution in [2.24, 2.45) is 5.92 Å². The minimum Gasteiger partial charge on any atom is -0.507 e. The number of rotatable bonds is 4. The maximum Gasteiger partial charge on any atom is 0.419 e. The molecular weight excluding hydrogens is 281 g/mol. The van der Waals surface area contributed by atoms with Crippen LogP contribution in [0.3, 0.4) is 0 Å². The van der Waals surface area contributed by atoms with Gasteiger partial charge < -0.3 is 14.9 Å². The third kappa shape index (κ3) is 4.35. The molecule has 1 aliphatic heterocycles. The van der Waals surface area contributed by atoms with Crippen LogP contribution < -0.4 is 0 Å². The highest BCUT2D eigenvalue weighted by molar-refractivity contribution is 5.38. The van der Waals surface area contributed by atoms with Gasteiger partial charge in [-0.05, 0) is 50.7 Å². The molecular formula is C15H21F3N2O. The van der Waals surface area contributed by atoms with E-state index in [-0.39, 0.29) is 0 Å². The van der Waals surface area contributed by atoms with Gasteiger partial charge in [-0.1, -0.05) is 6.07 Å². The first-order valence-electron chi connectivity index (χ1n) is 7.02. The number of nitrogens with zero attached hydrogens (tertiary/aromatic N) is 2. The Morgan fingerprint density at radius 1 is 1.38 bits per heavy atom. The third-order valence-electron chi connectivity index (χ3n) is 3.88. The number of hydrogen-bond acceptors (Lipinski definition) is 3. The predicted octanol–water partition coefficient (Wildman–Crippen LogP) is 2.79. The molecule has 1 unspecified atom stereocenters. The highest BCUT2D eigenvalue weighted by atomic mass is 19.4. The molecule has 1 aromatic carbocycles. The van der Waals surface area contributed by atoms with Crippen LogP contribution in [0, 0.1) is 5.92 Å². The van der Waals surface area contributed by atoms with Gasteiger partial charge in [0, 0.05) is 19.6 Å². The molecule has 0 bridgehead atoms. The summed E-state index contributed by atoms with van der Waals surface area (Å²) >= 11 is 0. The molecule has 1 aromatic rings. The quantitative estimate of drug-likeness (QED) is 0.926. The summed E-state index contributed by atoms with van der Waals surface area (Å²) in [6.45, 7) is 3.43. The number of aromatic hydroxyl groups is 1. The summed E-state index contributed by atoms with van der Waals surface area (Å²) in [4.78, 5) is 4.30. The lowest BCUT2D eigenvalue weighted by Crippen LogP contribution is -2.27. The third-order valence-corrected chi connectivity index (χ3v) is 3.88. The van der Waals surface area contributed by atoms with E-state index in [9.17, 15) is 18.3 Å². The molecule has 1 atom stereocenters. The largest absolute Gasteiger partial charge is 0.507 e. The van der Waals surface area contributed by atoms with E-state index >= 15 is 0 Å². The molecule has 2 rings (SSSR count). The van der Waals surface area contributed by atoms with Gasteiger partial charge in [0.15, 0.2) is 0 Å². The van der Waals surface area contributed by atoms with E-state index in [2.05, 4.69) is 11.9 Å². The van der Waals surface area contributed by atoms with Crippen LogP contribution in [-0.4, -0.2) is 48.6 Å². The predicted molar refractivity (Wildman–Crippen MR) is 75.0 cm³/mol. The molecule has 21 heavy (non-hydrogen) atoms. The van der Waals surface area contributed by atoms with E-state index in [1.165, 1.54) is 0 Å². The van der Waals surface area contributed by atoms with E-state index in [1.54, 1.807) is 6.07 Å². The molecule has 0 saturated carbocycles. The fourth-order valence-electron chi connectivity index (χ4n) is 2.90. The summed E-state index contributed by atoms with van der Waals surface area (Å²) < 4.78 is 38.3. The van der Waals surface area contributed by atoms with Crippen molar-refractivity contribution >= 4 is 0 Å². The van der Waals surface area contributed by atoms with Gasteiger partial charge in [0.2, 0.25) is 0 Å². The number of phenolic OH excluding ortho intramolecular Hbond substituents is 1. The minimum atomic E-state index is -4.52. The first-order chi connectivity index (χ1) is 9.75.